The van der Waals surface area contributed by atoms with Crippen molar-refractivity contribution < 1.29 is 0 Å². The molecule has 0 aliphatic carbocycles. The van der Waals surface area contributed by atoms with Gasteiger partial charge in [0.25, 0.3) is 0 Å². The quantitative estimate of drug-likeness (QED) is 0.657. The van der Waals surface area contributed by atoms with Crippen LogP contribution in [0.1, 0.15) is 5.56 Å². The van der Waals surface area contributed by atoms with E-state index in [1.165, 1.54) is 11.3 Å². The van der Waals surface area contributed by atoms with Gasteiger partial charge in [-0.05, 0) is 11.6 Å². The molecule has 0 fully saturated rings. The summed E-state index contributed by atoms with van der Waals surface area (Å²) in [5.41, 5.74) is 1.01. The highest BCUT2D eigenvalue weighted by atomic mass is 35.5. The normalized spacial score (nSPS) is 10.1. The van der Waals surface area contributed by atoms with E-state index in [2.05, 4.69) is 12.6 Å². The molecule has 9 heavy (non-hydrogen) atoms. The van der Waals surface area contributed by atoms with Crippen LogP contribution >= 0.6 is 47.2 Å². The summed E-state index contributed by atoms with van der Waals surface area (Å²) in [5, 5.41) is 0. The van der Waals surface area contributed by atoms with Gasteiger partial charge in [0, 0.05) is 5.75 Å². The SMILES string of the molecule is SCc1cc(Cl)sc1Cl. The van der Waals surface area contributed by atoms with Gasteiger partial charge in [0.2, 0.25) is 0 Å². The summed E-state index contributed by atoms with van der Waals surface area (Å²) in [4.78, 5) is 0. The average Bonchev–Trinajstić information content (AvgIpc) is 2.10. The first kappa shape index (κ1) is 7.73. The molecule has 0 aliphatic heterocycles. The van der Waals surface area contributed by atoms with Gasteiger partial charge < -0.3 is 0 Å². The molecule has 0 N–H and O–H groups in total. The number of rotatable bonds is 1. The molecule has 0 aliphatic rings. The maximum Gasteiger partial charge on any atom is 0.0984 e. The molecule has 0 saturated carbocycles. The summed E-state index contributed by atoms with van der Waals surface area (Å²) in [6, 6.07) is 1.83. The Morgan fingerprint density at radius 2 is 2.22 bits per heavy atom. The summed E-state index contributed by atoms with van der Waals surface area (Å²) < 4.78 is 1.47. The summed E-state index contributed by atoms with van der Waals surface area (Å²) >= 11 is 16.8. The highest BCUT2D eigenvalue weighted by molar-refractivity contribution is 7.79. The molecule has 1 aromatic heterocycles. The Labute approximate surface area is 73.2 Å². The van der Waals surface area contributed by atoms with Crippen molar-refractivity contribution in [3.63, 3.8) is 0 Å². The van der Waals surface area contributed by atoms with Gasteiger partial charge in [-0.2, -0.15) is 12.6 Å². The highest BCUT2D eigenvalue weighted by Crippen LogP contribution is 2.31. The fourth-order valence-corrected chi connectivity index (χ4v) is 2.42. The van der Waals surface area contributed by atoms with Crippen LogP contribution in [-0.2, 0) is 5.75 Å². The zero-order valence-corrected chi connectivity index (χ0v) is 7.62. The predicted molar refractivity (Wildman–Crippen MR) is 47.0 cm³/mol. The lowest BCUT2D eigenvalue weighted by Gasteiger charge is -1.84. The molecule has 4 heteroatoms. The first-order chi connectivity index (χ1) is 4.24. The number of thiol groups is 1. The first-order valence-electron chi connectivity index (χ1n) is 2.28. The predicted octanol–water partition coefficient (Wildman–Crippen LogP) is 3.48. The van der Waals surface area contributed by atoms with E-state index in [0.29, 0.717) is 5.75 Å². The summed E-state index contributed by atoms with van der Waals surface area (Å²) in [6.07, 6.45) is 0. The molecule has 0 aromatic carbocycles. The lowest BCUT2D eigenvalue weighted by Crippen LogP contribution is -1.67. The zero-order chi connectivity index (χ0) is 6.85. The van der Waals surface area contributed by atoms with Crippen LogP contribution in [0.2, 0.25) is 8.67 Å². The maximum atomic E-state index is 5.73. The van der Waals surface area contributed by atoms with E-state index in [9.17, 15) is 0 Å². The third-order valence-electron chi connectivity index (χ3n) is 0.898. The van der Waals surface area contributed by atoms with Crippen molar-refractivity contribution in [2.75, 3.05) is 0 Å². The molecule has 0 nitrogen and oxygen atoms in total. The minimum Gasteiger partial charge on any atom is -0.174 e. The molecule has 0 amide bonds. The average molecular weight is 199 g/mol. The van der Waals surface area contributed by atoms with Crippen LogP contribution in [0.4, 0.5) is 0 Å². The maximum absolute atomic E-state index is 5.73. The van der Waals surface area contributed by atoms with Crippen LogP contribution in [0.15, 0.2) is 6.07 Å². The van der Waals surface area contributed by atoms with Gasteiger partial charge in [0.15, 0.2) is 0 Å². The van der Waals surface area contributed by atoms with E-state index in [4.69, 9.17) is 23.2 Å². The van der Waals surface area contributed by atoms with Gasteiger partial charge >= 0.3 is 0 Å². The Morgan fingerprint density at radius 1 is 1.56 bits per heavy atom. The van der Waals surface area contributed by atoms with Crippen molar-refractivity contribution in [2.45, 2.75) is 5.75 Å². The van der Waals surface area contributed by atoms with E-state index in [1.54, 1.807) is 0 Å². The number of halogens is 2. The molecule has 50 valence electrons. The second-order valence-corrected chi connectivity index (χ2v) is 4.11. The molecule has 0 atom stereocenters. The molecule has 0 saturated heterocycles. The van der Waals surface area contributed by atoms with Crippen molar-refractivity contribution in [1.82, 2.24) is 0 Å². The van der Waals surface area contributed by atoms with Gasteiger partial charge in [0.1, 0.15) is 0 Å². The van der Waals surface area contributed by atoms with Crippen molar-refractivity contribution in [3.8, 4) is 0 Å². The molecular weight excluding hydrogens is 195 g/mol. The molecule has 1 aromatic rings. The van der Waals surface area contributed by atoms with Gasteiger partial charge in [-0.3, -0.25) is 0 Å². The fourth-order valence-electron chi connectivity index (χ4n) is 0.482. The molecule has 1 heterocycles. The van der Waals surface area contributed by atoms with Gasteiger partial charge in [-0.25, -0.2) is 0 Å². The minimum absolute atomic E-state index is 0.655. The van der Waals surface area contributed by atoms with E-state index >= 15 is 0 Å². The summed E-state index contributed by atoms with van der Waals surface area (Å²) in [5.74, 6) is 0.655. The number of hydrogen-bond donors (Lipinski definition) is 1. The highest BCUT2D eigenvalue weighted by Gasteiger charge is 2.01. The molecular formula is C5H4Cl2S2. The number of thiophene rings is 1. The second-order valence-electron chi connectivity index (χ2n) is 1.51. The third-order valence-corrected chi connectivity index (χ3v) is 2.81. The third kappa shape index (κ3) is 1.77. The van der Waals surface area contributed by atoms with Crippen LogP contribution in [-0.4, -0.2) is 0 Å². The Morgan fingerprint density at radius 3 is 2.44 bits per heavy atom. The molecule has 0 unspecified atom stereocenters. The molecule has 0 radical (unpaired) electrons. The molecule has 0 spiro atoms. The lowest BCUT2D eigenvalue weighted by molar-refractivity contribution is 1.49. The van der Waals surface area contributed by atoms with Crippen molar-refractivity contribution in [1.29, 1.82) is 0 Å². The topological polar surface area (TPSA) is 0 Å². The smallest absolute Gasteiger partial charge is 0.0984 e. The Balaban J connectivity index is 3.01. The second kappa shape index (κ2) is 3.15. The first-order valence-corrected chi connectivity index (χ1v) is 4.49. The van der Waals surface area contributed by atoms with Crippen molar-refractivity contribution in [3.05, 3.63) is 20.3 Å². The van der Waals surface area contributed by atoms with E-state index < -0.39 is 0 Å². The van der Waals surface area contributed by atoms with E-state index in [1.807, 2.05) is 6.07 Å². The molecule has 0 bridgehead atoms. The van der Waals surface area contributed by atoms with Crippen LogP contribution in [0.3, 0.4) is 0 Å². The summed E-state index contributed by atoms with van der Waals surface area (Å²) in [6.45, 7) is 0. The Hall–Kier alpha value is 0.630. The standard InChI is InChI=1S/C5H4Cl2S2/c6-4-1-3(2-8)5(7)9-4/h1,8H,2H2. The van der Waals surface area contributed by atoms with Gasteiger partial charge in [0.05, 0.1) is 8.67 Å². The van der Waals surface area contributed by atoms with Crippen molar-refractivity contribution in [2.24, 2.45) is 0 Å². The Kier molecular flexibility index (Phi) is 2.71. The molecule has 1 rings (SSSR count). The lowest BCUT2D eigenvalue weighted by atomic mass is 10.4. The van der Waals surface area contributed by atoms with Crippen molar-refractivity contribution >= 4 is 47.2 Å². The van der Waals surface area contributed by atoms with Crippen LogP contribution < -0.4 is 0 Å². The zero-order valence-electron chi connectivity index (χ0n) is 4.40. The summed E-state index contributed by atoms with van der Waals surface area (Å²) in [7, 11) is 0. The fraction of sp³-hybridized carbons (Fsp3) is 0.200. The number of hydrogen-bond acceptors (Lipinski definition) is 2. The Bertz CT molecular complexity index is 207. The van der Waals surface area contributed by atoms with Crippen LogP contribution in [0.25, 0.3) is 0 Å². The van der Waals surface area contributed by atoms with E-state index in [0.717, 1.165) is 14.2 Å². The largest absolute Gasteiger partial charge is 0.174 e. The monoisotopic (exact) mass is 198 g/mol. The van der Waals surface area contributed by atoms with Gasteiger partial charge in [-0.1, -0.05) is 23.2 Å². The van der Waals surface area contributed by atoms with Crippen LogP contribution in [0, 0.1) is 0 Å². The van der Waals surface area contributed by atoms with Gasteiger partial charge in [-0.15, -0.1) is 11.3 Å². The minimum atomic E-state index is 0.655. The van der Waals surface area contributed by atoms with E-state index in [-0.39, 0.29) is 0 Å². The van der Waals surface area contributed by atoms with Crippen LogP contribution in [0.5, 0.6) is 0 Å².